The molecule has 1 atom stereocenters. The molecule has 148 valence electrons. The summed E-state index contributed by atoms with van der Waals surface area (Å²) >= 11 is 0. The average molecular weight is 395 g/mol. The number of amides is 1. The van der Waals surface area contributed by atoms with Crippen LogP contribution in [0.1, 0.15) is 33.6 Å². The molecule has 1 aliphatic heterocycles. The second-order valence-corrected chi connectivity index (χ2v) is 7.74. The molecule has 5 nitrogen and oxygen atoms in total. The average Bonchev–Trinajstić information content (AvgIpc) is 2.82. The number of hydrogen-bond acceptors (Lipinski definition) is 4. The van der Waals surface area contributed by atoms with E-state index < -0.39 is 0 Å². The van der Waals surface area contributed by atoms with Crippen molar-refractivity contribution in [3.63, 3.8) is 0 Å². The van der Waals surface area contributed by atoms with Gasteiger partial charge in [0.05, 0.1) is 11.0 Å². The fraction of sp³-hybridized carbons (Fsp3) is 0.200. The second kappa shape index (κ2) is 7.67. The Morgan fingerprint density at radius 3 is 2.60 bits per heavy atom. The van der Waals surface area contributed by atoms with Gasteiger partial charge in [0.15, 0.2) is 5.78 Å². The molecule has 1 fully saturated rings. The molecule has 1 aromatic heterocycles. The van der Waals surface area contributed by atoms with E-state index in [0.717, 1.165) is 34.7 Å². The van der Waals surface area contributed by atoms with Crippen molar-refractivity contribution in [3.05, 3.63) is 84.2 Å². The monoisotopic (exact) mass is 395 g/mol. The highest BCUT2D eigenvalue weighted by Gasteiger charge is 2.30. The number of carbonyl (C=O) groups is 2. The maximum absolute atomic E-state index is 13.3. The zero-order valence-electron chi connectivity index (χ0n) is 16.5. The van der Waals surface area contributed by atoms with E-state index >= 15 is 0 Å². The highest BCUT2D eigenvalue weighted by molar-refractivity contribution is 6.09. The van der Waals surface area contributed by atoms with E-state index in [1.807, 2.05) is 48.5 Å². The van der Waals surface area contributed by atoms with Gasteiger partial charge in [-0.1, -0.05) is 42.5 Å². The second-order valence-electron chi connectivity index (χ2n) is 7.74. The van der Waals surface area contributed by atoms with Crippen LogP contribution in [0.15, 0.2) is 73.1 Å². The summed E-state index contributed by atoms with van der Waals surface area (Å²) < 4.78 is 0. The maximum atomic E-state index is 13.3. The zero-order chi connectivity index (χ0) is 20.5. The first kappa shape index (κ1) is 18.4. The van der Waals surface area contributed by atoms with Crippen molar-refractivity contribution in [3.8, 4) is 0 Å². The van der Waals surface area contributed by atoms with Crippen LogP contribution in [0, 0.1) is 5.92 Å². The Hall–Kier alpha value is -3.60. The molecular formula is C25H21N3O2. The van der Waals surface area contributed by atoms with Crippen molar-refractivity contribution in [1.82, 2.24) is 14.9 Å². The number of rotatable bonds is 3. The van der Waals surface area contributed by atoms with Gasteiger partial charge in [0, 0.05) is 42.5 Å². The lowest BCUT2D eigenvalue weighted by Gasteiger charge is -2.32. The van der Waals surface area contributed by atoms with Crippen LogP contribution in [0.2, 0.25) is 0 Å². The van der Waals surface area contributed by atoms with Crippen molar-refractivity contribution in [2.45, 2.75) is 12.8 Å². The van der Waals surface area contributed by atoms with Crippen LogP contribution in [-0.2, 0) is 0 Å². The van der Waals surface area contributed by atoms with Crippen molar-refractivity contribution >= 4 is 33.5 Å². The quantitative estimate of drug-likeness (QED) is 0.479. The van der Waals surface area contributed by atoms with Gasteiger partial charge in [-0.05, 0) is 41.8 Å². The van der Waals surface area contributed by atoms with Crippen molar-refractivity contribution in [2.75, 3.05) is 13.1 Å². The normalized spacial score (nSPS) is 16.7. The summed E-state index contributed by atoms with van der Waals surface area (Å²) in [6.07, 6.45) is 4.88. The van der Waals surface area contributed by atoms with Gasteiger partial charge in [0.1, 0.15) is 0 Å². The Bertz CT molecular complexity index is 1260. The van der Waals surface area contributed by atoms with Gasteiger partial charge in [-0.25, -0.2) is 0 Å². The third-order valence-corrected chi connectivity index (χ3v) is 5.85. The number of benzene rings is 3. The summed E-state index contributed by atoms with van der Waals surface area (Å²) in [5.74, 6) is -0.125. The van der Waals surface area contributed by atoms with E-state index in [1.165, 1.54) is 0 Å². The first-order valence-electron chi connectivity index (χ1n) is 10.2. The summed E-state index contributed by atoms with van der Waals surface area (Å²) in [4.78, 5) is 36.8. The molecule has 5 heteroatoms. The highest BCUT2D eigenvalue weighted by Crippen LogP contribution is 2.27. The van der Waals surface area contributed by atoms with Gasteiger partial charge in [-0.3, -0.25) is 19.6 Å². The van der Waals surface area contributed by atoms with Crippen LogP contribution >= 0.6 is 0 Å². The molecule has 4 aromatic rings. The number of carbonyl (C=O) groups excluding carboxylic acids is 2. The van der Waals surface area contributed by atoms with Gasteiger partial charge in [0.2, 0.25) is 0 Å². The highest BCUT2D eigenvalue weighted by atomic mass is 16.2. The molecule has 3 aromatic carbocycles. The first-order chi connectivity index (χ1) is 14.7. The van der Waals surface area contributed by atoms with Crippen LogP contribution in [-0.4, -0.2) is 39.6 Å². The molecule has 0 saturated carbocycles. The predicted octanol–water partition coefficient (Wildman–Crippen LogP) is 4.52. The number of piperidine rings is 1. The van der Waals surface area contributed by atoms with Crippen LogP contribution < -0.4 is 0 Å². The van der Waals surface area contributed by atoms with E-state index in [-0.39, 0.29) is 17.6 Å². The Labute approximate surface area is 174 Å². The number of likely N-dealkylation sites (tertiary alicyclic amines) is 1. The summed E-state index contributed by atoms with van der Waals surface area (Å²) in [6.45, 7) is 1.11. The van der Waals surface area contributed by atoms with Crippen LogP contribution in [0.4, 0.5) is 0 Å². The summed E-state index contributed by atoms with van der Waals surface area (Å²) in [7, 11) is 0. The van der Waals surface area contributed by atoms with Crippen LogP contribution in [0.3, 0.4) is 0 Å². The molecule has 1 saturated heterocycles. The number of ketones is 1. The molecule has 0 aliphatic carbocycles. The lowest BCUT2D eigenvalue weighted by molar-refractivity contribution is 0.0637. The summed E-state index contributed by atoms with van der Waals surface area (Å²) in [6, 6.07) is 19.2. The van der Waals surface area contributed by atoms with Gasteiger partial charge in [-0.15, -0.1) is 0 Å². The van der Waals surface area contributed by atoms with Gasteiger partial charge in [-0.2, -0.15) is 0 Å². The molecule has 0 unspecified atom stereocenters. The van der Waals surface area contributed by atoms with Crippen molar-refractivity contribution < 1.29 is 9.59 Å². The fourth-order valence-corrected chi connectivity index (χ4v) is 4.31. The van der Waals surface area contributed by atoms with Gasteiger partial charge < -0.3 is 4.90 Å². The van der Waals surface area contributed by atoms with Crippen molar-refractivity contribution in [1.29, 1.82) is 0 Å². The number of nitrogens with zero attached hydrogens (tertiary/aromatic N) is 3. The molecule has 0 spiro atoms. The minimum absolute atomic E-state index is 0.0574. The number of hydrogen-bond donors (Lipinski definition) is 0. The first-order valence-corrected chi connectivity index (χ1v) is 10.2. The lowest BCUT2D eigenvalue weighted by atomic mass is 9.87. The number of Topliss-reactive ketones (excluding diaryl/α,β-unsaturated/α-hetero) is 1. The lowest BCUT2D eigenvalue weighted by Crippen LogP contribution is -2.42. The number of fused-ring (bicyclic) bond motifs is 2. The molecule has 2 heterocycles. The Morgan fingerprint density at radius 1 is 0.900 bits per heavy atom. The molecule has 0 bridgehead atoms. The van der Waals surface area contributed by atoms with E-state index in [9.17, 15) is 9.59 Å². The van der Waals surface area contributed by atoms with E-state index in [0.29, 0.717) is 24.2 Å². The Balaban J connectivity index is 1.39. The molecule has 1 aliphatic rings. The third kappa shape index (κ3) is 3.32. The van der Waals surface area contributed by atoms with Gasteiger partial charge in [0.25, 0.3) is 5.91 Å². The largest absolute Gasteiger partial charge is 0.338 e. The Kier molecular flexibility index (Phi) is 4.71. The minimum Gasteiger partial charge on any atom is -0.338 e. The molecule has 30 heavy (non-hydrogen) atoms. The molecule has 1 amide bonds. The van der Waals surface area contributed by atoms with E-state index in [1.54, 1.807) is 29.4 Å². The topological polar surface area (TPSA) is 63.2 Å². The predicted molar refractivity (Wildman–Crippen MR) is 116 cm³/mol. The Morgan fingerprint density at radius 2 is 1.70 bits per heavy atom. The molecular weight excluding hydrogens is 374 g/mol. The molecule has 5 rings (SSSR count). The number of aromatic nitrogens is 2. The summed E-state index contributed by atoms with van der Waals surface area (Å²) in [5, 5.41) is 2.03. The zero-order valence-corrected chi connectivity index (χ0v) is 16.5. The summed E-state index contributed by atoms with van der Waals surface area (Å²) in [5.41, 5.74) is 2.79. The van der Waals surface area contributed by atoms with E-state index in [2.05, 4.69) is 9.97 Å². The van der Waals surface area contributed by atoms with Crippen molar-refractivity contribution in [2.24, 2.45) is 5.92 Å². The SMILES string of the molecule is O=C(c1cccc2ccccc12)[C@H]1CCCN(C(=O)c2ccc3nccnc3c2)C1. The van der Waals surface area contributed by atoms with Crippen LogP contribution in [0.5, 0.6) is 0 Å². The van der Waals surface area contributed by atoms with Crippen LogP contribution in [0.25, 0.3) is 21.8 Å². The molecule has 0 N–H and O–H groups in total. The fourth-order valence-electron chi connectivity index (χ4n) is 4.31. The smallest absolute Gasteiger partial charge is 0.253 e. The van der Waals surface area contributed by atoms with Gasteiger partial charge >= 0.3 is 0 Å². The standard InChI is InChI=1S/C25H21N3O2/c29-24(21-9-3-6-17-5-1-2-8-20(17)21)19-7-4-14-28(16-19)25(30)18-10-11-22-23(15-18)27-13-12-26-22/h1-3,5-6,8-13,15,19H,4,7,14,16H2/t19-/m0/s1. The third-order valence-electron chi connectivity index (χ3n) is 5.85. The minimum atomic E-state index is -0.186. The van der Waals surface area contributed by atoms with E-state index in [4.69, 9.17) is 0 Å². The maximum Gasteiger partial charge on any atom is 0.253 e. The molecule has 0 radical (unpaired) electrons.